The number of rotatable bonds is 3. The van der Waals surface area contributed by atoms with Crippen LogP contribution in [0.5, 0.6) is 0 Å². The maximum Gasteiger partial charge on any atom is 0.338 e. The maximum absolute atomic E-state index is 12.3. The highest BCUT2D eigenvalue weighted by Gasteiger charge is 2.33. The largest absolute Gasteiger partial charge is 0.463 e. The summed E-state index contributed by atoms with van der Waals surface area (Å²) in [5, 5.41) is 3.75. The number of esters is 1. The average molecular weight is 305 g/mol. The zero-order chi connectivity index (χ0) is 15.6. The Labute approximate surface area is 129 Å². The molecule has 21 heavy (non-hydrogen) atoms. The number of carbonyl (C=O) groups excluding carboxylic acids is 1. The fraction of sp³-hybridized carbons (Fsp3) is 0.333. The Hall–Kier alpha value is -2.08. The van der Waals surface area contributed by atoms with Gasteiger partial charge in [0.25, 0.3) is 0 Å². The van der Waals surface area contributed by atoms with Crippen LogP contribution in [-0.4, -0.2) is 29.6 Å². The Bertz CT molecular complexity index is 595. The number of allylic oxidation sites excluding steroid dienone is 1. The first-order chi connectivity index (χ1) is 9.95. The van der Waals surface area contributed by atoms with Crippen molar-refractivity contribution in [3.05, 3.63) is 41.1 Å². The van der Waals surface area contributed by atoms with Crippen molar-refractivity contribution in [2.24, 2.45) is 0 Å². The van der Waals surface area contributed by atoms with E-state index in [0.29, 0.717) is 23.0 Å². The van der Waals surface area contributed by atoms with Crippen molar-refractivity contribution in [2.45, 2.75) is 19.9 Å². The van der Waals surface area contributed by atoms with Crippen LogP contribution in [0.3, 0.4) is 0 Å². The predicted molar refractivity (Wildman–Crippen MR) is 86.4 cm³/mol. The van der Waals surface area contributed by atoms with Gasteiger partial charge in [0.2, 0.25) is 0 Å². The number of nitrogen functional groups attached to an aromatic ring is 1. The molecule has 0 bridgehead atoms. The van der Waals surface area contributed by atoms with Crippen LogP contribution >= 0.6 is 12.2 Å². The fourth-order valence-corrected chi connectivity index (χ4v) is 2.50. The summed E-state index contributed by atoms with van der Waals surface area (Å²) in [6, 6.07) is 7.04. The van der Waals surface area contributed by atoms with Crippen molar-refractivity contribution in [2.75, 3.05) is 19.4 Å². The molecule has 1 aromatic rings. The van der Waals surface area contributed by atoms with Crippen molar-refractivity contribution in [1.82, 2.24) is 10.2 Å². The van der Waals surface area contributed by atoms with Crippen LogP contribution in [0.4, 0.5) is 5.69 Å². The molecule has 0 amide bonds. The summed E-state index contributed by atoms with van der Waals surface area (Å²) in [6.07, 6.45) is 0. The molecule has 1 aliphatic rings. The number of hydrogen-bond donors (Lipinski definition) is 2. The van der Waals surface area contributed by atoms with Gasteiger partial charge in [-0.15, -0.1) is 0 Å². The Morgan fingerprint density at radius 3 is 2.62 bits per heavy atom. The van der Waals surface area contributed by atoms with Gasteiger partial charge in [-0.2, -0.15) is 0 Å². The minimum absolute atomic E-state index is 0.326. The molecule has 0 unspecified atom stereocenters. The van der Waals surface area contributed by atoms with Crippen LogP contribution in [-0.2, 0) is 9.53 Å². The van der Waals surface area contributed by atoms with E-state index in [0.717, 1.165) is 11.3 Å². The molecule has 0 fully saturated rings. The SMILES string of the molecule is CCOC(=O)C1=C(C)N(C)C(=S)N[C@H]1c1ccc(N)cc1. The van der Waals surface area contributed by atoms with Gasteiger partial charge in [-0.1, -0.05) is 12.1 Å². The van der Waals surface area contributed by atoms with Gasteiger partial charge in [0.1, 0.15) is 0 Å². The average Bonchev–Trinajstić information content (AvgIpc) is 2.45. The quantitative estimate of drug-likeness (QED) is 0.505. The molecule has 112 valence electrons. The first kappa shape index (κ1) is 15.3. The Morgan fingerprint density at radius 1 is 1.43 bits per heavy atom. The first-order valence-electron chi connectivity index (χ1n) is 6.73. The van der Waals surface area contributed by atoms with Crippen LogP contribution in [0.1, 0.15) is 25.5 Å². The molecule has 0 saturated heterocycles. The number of hydrogen-bond acceptors (Lipinski definition) is 4. The monoisotopic (exact) mass is 305 g/mol. The molecule has 0 saturated carbocycles. The summed E-state index contributed by atoms with van der Waals surface area (Å²) in [5.41, 5.74) is 8.67. The van der Waals surface area contributed by atoms with Crippen LogP contribution < -0.4 is 11.1 Å². The van der Waals surface area contributed by atoms with Gasteiger partial charge in [0.15, 0.2) is 5.11 Å². The number of nitrogens with one attached hydrogen (secondary N) is 1. The van der Waals surface area contributed by atoms with Crippen LogP contribution in [0.15, 0.2) is 35.5 Å². The molecule has 0 spiro atoms. The second-order valence-corrected chi connectivity index (χ2v) is 5.21. The fourth-order valence-electron chi connectivity index (χ4n) is 2.25. The topological polar surface area (TPSA) is 67.6 Å². The zero-order valence-corrected chi connectivity index (χ0v) is 13.2. The molecular weight excluding hydrogens is 286 g/mol. The van der Waals surface area contributed by atoms with Gasteiger partial charge in [0, 0.05) is 18.4 Å². The summed E-state index contributed by atoms with van der Waals surface area (Å²) in [5.74, 6) is -0.335. The lowest BCUT2D eigenvalue weighted by Crippen LogP contribution is -2.46. The number of anilines is 1. The molecule has 1 aromatic carbocycles. The Balaban J connectivity index is 2.48. The lowest BCUT2D eigenvalue weighted by atomic mass is 9.95. The van der Waals surface area contributed by atoms with E-state index in [9.17, 15) is 4.79 Å². The predicted octanol–water partition coefficient (Wildman–Crippen LogP) is 1.97. The zero-order valence-electron chi connectivity index (χ0n) is 12.3. The smallest absolute Gasteiger partial charge is 0.338 e. The van der Waals surface area contributed by atoms with E-state index in [1.165, 1.54) is 0 Å². The standard InChI is InChI=1S/C15H19N3O2S/c1-4-20-14(19)12-9(2)18(3)15(21)17-13(12)10-5-7-11(16)8-6-10/h5-8,13H,4,16H2,1-3H3,(H,17,21)/t13-/m0/s1. The van der Waals surface area contributed by atoms with Crippen LogP contribution in [0.2, 0.25) is 0 Å². The van der Waals surface area contributed by atoms with E-state index in [4.69, 9.17) is 22.7 Å². The molecule has 0 radical (unpaired) electrons. The number of ether oxygens (including phenoxy) is 1. The van der Waals surface area contributed by atoms with E-state index in [-0.39, 0.29) is 12.0 Å². The van der Waals surface area contributed by atoms with Crippen molar-refractivity contribution >= 4 is 29.0 Å². The molecule has 2 rings (SSSR count). The minimum atomic E-state index is -0.335. The maximum atomic E-state index is 12.3. The van der Waals surface area contributed by atoms with E-state index in [1.807, 2.05) is 26.1 Å². The molecule has 1 heterocycles. The number of thiocarbonyl (C=S) groups is 1. The molecule has 5 nitrogen and oxygen atoms in total. The first-order valence-corrected chi connectivity index (χ1v) is 7.14. The third kappa shape index (κ3) is 3.00. The summed E-state index contributed by atoms with van der Waals surface area (Å²) >= 11 is 5.32. The van der Waals surface area contributed by atoms with Crippen molar-refractivity contribution < 1.29 is 9.53 Å². The van der Waals surface area contributed by atoms with E-state index in [1.54, 1.807) is 24.0 Å². The van der Waals surface area contributed by atoms with Gasteiger partial charge in [-0.25, -0.2) is 4.79 Å². The highest BCUT2D eigenvalue weighted by Crippen LogP contribution is 2.31. The van der Waals surface area contributed by atoms with Crippen molar-refractivity contribution in [1.29, 1.82) is 0 Å². The second kappa shape index (κ2) is 6.13. The third-order valence-corrected chi connectivity index (χ3v) is 3.91. The Kier molecular flexibility index (Phi) is 4.47. The molecule has 0 aromatic heterocycles. The molecule has 3 N–H and O–H groups in total. The molecular formula is C15H19N3O2S. The highest BCUT2D eigenvalue weighted by molar-refractivity contribution is 7.80. The number of benzene rings is 1. The molecule has 1 atom stereocenters. The second-order valence-electron chi connectivity index (χ2n) is 4.83. The van der Waals surface area contributed by atoms with Crippen LogP contribution in [0.25, 0.3) is 0 Å². The van der Waals surface area contributed by atoms with Gasteiger partial charge in [-0.3, -0.25) is 0 Å². The highest BCUT2D eigenvalue weighted by atomic mass is 32.1. The van der Waals surface area contributed by atoms with E-state index >= 15 is 0 Å². The minimum Gasteiger partial charge on any atom is -0.463 e. The number of carbonyl (C=O) groups is 1. The Morgan fingerprint density at radius 2 is 2.05 bits per heavy atom. The van der Waals surface area contributed by atoms with Gasteiger partial charge >= 0.3 is 5.97 Å². The van der Waals surface area contributed by atoms with E-state index < -0.39 is 0 Å². The molecule has 0 aliphatic carbocycles. The van der Waals surface area contributed by atoms with Crippen molar-refractivity contribution in [3.8, 4) is 0 Å². The van der Waals surface area contributed by atoms with E-state index in [2.05, 4.69) is 5.32 Å². The lowest BCUT2D eigenvalue weighted by Gasteiger charge is -2.35. The third-order valence-electron chi connectivity index (χ3n) is 3.52. The summed E-state index contributed by atoms with van der Waals surface area (Å²) in [7, 11) is 1.82. The van der Waals surface area contributed by atoms with Gasteiger partial charge in [-0.05, 0) is 43.8 Å². The van der Waals surface area contributed by atoms with Crippen LogP contribution in [0, 0.1) is 0 Å². The summed E-state index contributed by atoms with van der Waals surface area (Å²) < 4.78 is 5.18. The number of nitrogens with two attached hydrogens (primary N) is 1. The lowest BCUT2D eigenvalue weighted by molar-refractivity contribution is -0.139. The van der Waals surface area contributed by atoms with Gasteiger partial charge < -0.3 is 20.7 Å². The number of nitrogens with zero attached hydrogens (tertiary/aromatic N) is 1. The molecule has 1 aliphatic heterocycles. The normalized spacial score (nSPS) is 18.5. The summed E-state index contributed by atoms with van der Waals surface area (Å²) in [6.45, 7) is 3.98. The summed E-state index contributed by atoms with van der Waals surface area (Å²) in [4.78, 5) is 14.1. The van der Waals surface area contributed by atoms with Crippen molar-refractivity contribution in [3.63, 3.8) is 0 Å². The molecule has 6 heteroatoms. The van der Waals surface area contributed by atoms with Gasteiger partial charge in [0.05, 0.1) is 18.2 Å².